The third-order valence-electron chi connectivity index (χ3n) is 5.94. The Morgan fingerprint density at radius 2 is 1.12 bits per heavy atom. The van der Waals surface area contributed by atoms with Crippen molar-refractivity contribution in [3.63, 3.8) is 0 Å². The van der Waals surface area contributed by atoms with Crippen LogP contribution in [0.4, 0.5) is 11.6 Å². The molecule has 2 aliphatic heterocycles. The van der Waals surface area contributed by atoms with E-state index in [4.69, 9.17) is 20.9 Å². The fraction of sp³-hybridized carbons (Fsp3) is 0.556. The maximum absolute atomic E-state index is 12.3. The second kappa shape index (κ2) is 11.9. The standard InChI is InChI=1S/C18H26N6O15P2/c19-9-1-3-23(17(29)21-9)15-13(27)11(25)7(37-15)5-35-40(31,32)39-41(33,34)36-6-8-12(26)14(28)16(38-8)24-4-2-10(20)22-18(24)30/h1-4,7-8,11-16,25-28H,5-6H2,(H,31,32)(H,33,34)(H2,19,21,29)(H2,20,22,30)/t7-,8+,11-,12+,13-,14+,15-,16+. The lowest BCUT2D eigenvalue weighted by Crippen LogP contribution is -2.36. The van der Waals surface area contributed by atoms with E-state index >= 15 is 0 Å². The first kappa shape index (κ1) is 31.3. The molecule has 21 nitrogen and oxygen atoms in total. The Hall–Kier alpha value is -2.62. The third kappa shape index (κ3) is 7.07. The number of phosphoric ester groups is 2. The minimum atomic E-state index is -5.41. The van der Waals surface area contributed by atoms with Gasteiger partial charge < -0.3 is 51.2 Å². The molecule has 0 spiro atoms. The average Bonchev–Trinajstić information content (AvgIpc) is 3.31. The minimum Gasteiger partial charge on any atom is -0.387 e. The van der Waals surface area contributed by atoms with Crippen molar-refractivity contribution in [1.29, 1.82) is 0 Å². The van der Waals surface area contributed by atoms with Crippen molar-refractivity contribution >= 4 is 27.3 Å². The van der Waals surface area contributed by atoms with Gasteiger partial charge in [0.15, 0.2) is 12.5 Å². The second-order valence-electron chi connectivity index (χ2n) is 8.79. The summed E-state index contributed by atoms with van der Waals surface area (Å²) in [4.78, 5) is 50.7. The van der Waals surface area contributed by atoms with Gasteiger partial charge in [0.05, 0.1) is 13.2 Å². The number of aliphatic hydroxyl groups is 4. The van der Waals surface area contributed by atoms with Crippen LogP contribution in [0.3, 0.4) is 0 Å². The molecule has 0 radical (unpaired) electrons. The van der Waals surface area contributed by atoms with Crippen molar-refractivity contribution in [2.45, 2.75) is 49.1 Å². The van der Waals surface area contributed by atoms with Gasteiger partial charge in [0.2, 0.25) is 0 Å². The number of hydrogen-bond donors (Lipinski definition) is 8. The number of rotatable bonds is 10. The van der Waals surface area contributed by atoms with Gasteiger partial charge in [-0.15, -0.1) is 0 Å². The molecule has 2 aliphatic rings. The molecule has 2 aromatic heterocycles. The monoisotopic (exact) mass is 628 g/mol. The number of phosphoric acid groups is 2. The molecule has 0 saturated carbocycles. The van der Waals surface area contributed by atoms with Gasteiger partial charge in [0.1, 0.15) is 48.3 Å². The lowest BCUT2D eigenvalue weighted by atomic mass is 10.1. The number of aliphatic hydroxyl groups excluding tert-OH is 4. The fourth-order valence-electron chi connectivity index (χ4n) is 3.95. The number of nitrogens with two attached hydrogens (primary N) is 2. The van der Waals surface area contributed by atoms with Crippen molar-refractivity contribution < 1.29 is 62.2 Å². The van der Waals surface area contributed by atoms with Crippen LogP contribution >= 0.6 is 15.6 Å². The molecule has 228 valence electrons. The molecule has 0 bridgehead atoms. The van der Waals surface area contributed by atoms with Crippen LogP contribution in [-0.2, 0) is 32.0 Å². The van der Waals surface area contributed by atoms with Gasteiger partial charge >= 0.3 is 27.0 Å². The Bertz CT molecular complexity index is 1360. The summed E-state index contributed by atoms with van der Waals surface area (Å²) in [5.74, 6) is -0.236. The van der Waals surface area contributed by atoms with E-state index in [0.717, 1.165) is 21.5 Å². The molecule has 2 fully saturated rings. The van der Waals surface area contributed by atoms with Crippen LogP contribution in [0.1, 0.15) is 12.5 Å². The van der Waals surface area contributed by atoms with Crippen LogP contribution in [0.5, 0.6) is 0 Å². The molecule has 2 unspecified atom stereocenters. The number of ether oxygens (including phenoxy) is 2. The Balaban J connectivity index is 1.32. The van der Waals surface area contributed by atoms with Crippen molar-refractivity contribution in [2.24, 2.45) is 0 Å². The summed E-state index contributed by atoms with van der Waals surface area (Å²) in [6.45, 7) is -1.94. The maximum Gasteiger partial charge on any atom is 0.481 e. The van der Waals surface area contributed by atoms with Crippen molar-refractivity contribution in [3.8, 4) is 0 Å². The van der Waals surface area contributed by atoms with E-state index < -0.39 is 89.3 Å². The Morgan fingerprint density at radius 3 is 1.46 bits per heavy atom. The first-order valence-electron chi connectivity index (χ1n) is 11.5. The van der Waals surface area contributed by atoms with Gasteiger partial charge in [-0.1, -0.05) is 0 Å². The topological polar surface area (TPSA) is 323 Å². The molecule has 41 heavy (non-hydrogen) atoms. The molecule has 4 rings (SSSR count). The number of hydrogen-bond acceptors (Lipinski definition) is 17. The maximum atomic E-state index is 12.3. The zero-order valence-corrected chi connectivity index (χ0v) is 22.3. The second-order valence-corrected chi connectivity index (χ2v) is 11.8. The van der Waals surface area contributed by atoms with E-state index in [0.29, 0.717) is 0 Å². The predicted molar refractivity (Wildman–Crippen MR) is 130 cm³/mol. The van der Waals surface area contributed by atoms with Crippen LogP contribution in [0.15, 0.2) is 34.1 Å². The van der Waals surface area contributed by atoms with E-state index in [2.05, 4.69) is 23.3 Å². The summed E-state index contributed by atoms with van der Waals surface area (Å²) < 4.78 is 50.2. The van der Waals surface area contributed by atoms with E-state index in [9.17, 15) is 48.9 Å². The van der Waals surface area contributed by atoms with Gasteiger partial charge in [-0.3, -0.25) is 18.2 Å². The summed E-state index contributed by atoms with van der Waals surface area (Å²) in [6.07, 6.45) is -10.7. The third-order valence-corrected chi connectivity index (χ3v) is 8.54. The number of nitrogen functional groups attached to an aromatic ring is 2. The lowest BCUT2D eigenvalue weighted by molar-refractivity contribution is -0.0567. The SMILES string of the molecule is Nc1ccn([C@@H]2O[C@H](COP(=O)(O)OP(=O)(O)OC[C@@H]3O[C@H](n4ccc(N)nc4=O)[C@@H](O)[C@H]3O)[C@@H](O)[C@H]2O)c(=O)n1. The normalized spacial score (nSPS) is 32.9. The highest BCUT2D eigenvalue weighted by molar-refractivity contribution is 7.61. The molecule has 2 saturated heterocycles. The summed E-state index contributed by atoms with van der Waals surface area (Å²) >= 11 is 0. The summed E-state index contributed by atoms with van der Waals surface area (Å²) in [5, 5.41) is 40.9. The van der Waals surface area contributed by atoms with Gasteiger partial charge in [0, 0.05) is 12.4 Å². The Morgan fingerprint density at radius 1 is 0.756 bits per heavy atom. The highest BCUT2D eigenvalue weighted by atomic mass is 31.3. The molecular formula is C18H26N6O15P2. The van der Waals surface area contributed by atoms with Crippen molar-refractivity contribution in [2.75, 3.05) is 24.7 Å². The number of nitrogens with zero attached hydrogens (tertiary/aromatic N) is 4. The minimum absolute atomic E-state index is 0.118. The first-order valence-corrected chi connectivity index (χ1v) is 14.5. The molecule has 23 heteroatoms. The number of aromatic nitrogens is 4. The summed E-state index contributed by atoms with van der Waals surface area (Å²) in [5.41, 5.74) is 8.95. The smallest absolute Gasteiger partial charge is 0.387 e. The highest BCUT2D eigenvalue weighted by Gasteiger charge is 2.48. The van der Waals surface area contributed by atoms with Crippen LogP contribution in [-0.4, -0.2) is 99.2 Å². The lowest BCUT2D eigenvalue weighted by Gasteiger charge is -2.20. The molecule has 0 aliphatic carbocycles. The molecule has 4 heterocycles. The van der Waals surface area contributed by atoms with Gasteiger partial charge in [0.25, 0.3) is 0 Å². The molecule has 0 amide bonds. The van der Waals surface area contributed by atoms with E-state index in [1.165, 1.54) is 12.1 Å². The van der Waals surface area contributed by atoms with E-state index in [1.54, 1.807) is 0 Å². The van der Waals surface area contributed by atoms with Crippen LogP contribution in [0.25, 0.3) is 0 Å². The molecule has 2 aromatic rings. The first-order chi connectivity index (χ1) is 19.1. The fourth-order valence-corrected chi connectivity index (χ4v) is 6.04. The quantitative estimate of drug-likeness (QED) is 0.117. The number of anilines is 2. The predicted octanol–water partition coefficient (Wildman–Crippen LogP) is -3.85. The van der Waals surface area contributed by atoms with Crippen molar-refractivity contribution in [3.05, 3.63) is 45.5 Å². The molecular weight excluding hydrogens is 602 g/mol. The van der Waals surface area contributed by atoms with Gasteiger partial charge in [-0.25, -0.2) is 18.7 Å². The molecule has 0 aromatic carbocycles. The van der Waals surface area contributed by atoms with Crippen molar-refractivity contribution in [1.82, 2.24) is 19.1 Å². The van der Waals surface area contributed by atoms with E-state index in [-0.39, 0.29) is 11.6 Å². The largest absolute Gasteiger partial charge is 0.481 e. The van der Waals surface area contributed by atoms with Crippen LogP contribution in [0.2, 0.25) is 0 Å². The zero-order valence-electron chi connectivity index (χ0n) is 20.5. The highest BCUT2D eigenvalue weighted by Crippen LogP contribution is 2.60. The van der Waals surface area contributed by atoms with E-state index in [1.807, 2.05) is 0 Å². The Kier molecular flexibility index (Phi) is 9.12. The van der Waals surface area contributed by atoms with Crippen LogP contribution in [0, 0.1) is 0 Å². The Labute approximate surface area is 228 Å². The zero-order chi connectivity index (χ0) is 30.3. The summed E-state index contributed by atoms with van der Waals surface area (Å²) in [6, 6.07) is 2.43. The molecule has 10 N–H and O–H groups in total. The summed E-state index contributed by atoms with van der Waals surface area (Å²) in [7, 11) is -10.8. The van der Waals surface area contributed by atoms with Crippen LogP contribution < -0.4 is 22.8 Å². The average molecular weight is 628 g/mol. The van der Waals surface area contributed by atoms with Gasteiger partial charge in [-0.2, -0.15) is 14.3 Å². The van der Waals surface area contributed by atoms with Gasteiger partial charge in [-0.05, 0) is 12.1 Å². The molecule has 10 atom stereocenters.